The summed E-state index contributed by atoms with van der Waals surface area (Å²) in [5, 5.41) is 3.49. The van der Waals surface area contributed by atoms with Crippen LogP contribution in [0.25, 0.3) is 0 Å². The molecule has 0 aliphatic carbocycles. The van der Waals surface area contributed by atoms with Gasteiger partial charge in [0.05, 0.1) is 0 Å². The van der Waals surface area contributed by atoms with Gasteiger partial charge in [-0.15, -0.1) is 0 Å². The number of hydrogen-bond donors (Lipinski definition) is 1. The highest BCUT2D eigenvalue weighted by Gasteiger charge is 2.11. The van der Waals surface area contributed by atoms with E-state index >= 15 is 0 Å². The first-order valence-electron chi connectivity index (χ1n) is 6.39. The lowest BCUT2D eigenvalue weighted by atomic mass is 10.1. The highest BCUT2D eigenvalue weighted by molar-refractivity contribution is 5.27. The average molecular weight is 234 g/mol. The van der Waals surface area contributed by atoms with Crippen molar-refractivity contribution in [3.63, 3.8) is 0 Å². The van der Waals surface area contributed by atoms with Crippen molar-refractivity contribution < 1.29 is 4.74 Å². The zero-order valence-electron chi connectivity index (χ0n) is 10.6. The molecule has 3 heteroatoms. The summed E-state index contributed by atoms with van der Waals surface area (Å²) in [6.07, 6.45) is 1.11. The Hall–Kier alpha value is -0.900. The van der Waals surface area contributed by atoms with Crippen LogP contribution in [0.4, 0.5) is 0 Å². The van der Waals surface area contributed by atoms with Gasteiger partial charge in [-0.05, 0) is 17.5 Å². The largest absolute Gasteiger partial charge is 0.385 e. The van der Waals surface area contributed by atoms with Crippen molar-refractivity contribution in [3.05, 3.63) is 35.4 Å². The Kier molecular flexibility index (Phi) is 4.98. The van der Waals surface area contributed by atoms with Crippen LogP contribution in [0.2, 0.25) is 0 Å². The van der Waals surface area contributed by atoms with E-state index in [0.717, 1.165) is 45.8 Å². The van der Waals surface area contributed by atoms with E-state index in [9.17, 15) is 0 Å². The Labute approximate surface area is 104 Å². The van der Waals surface area contributed by atoms with E-state index in [1.807, 2.05) is 0 Å². The van der Waals surface area contributed by atoms with Gasteiger partial charge in [-0.25, -0.2) is 0 Å². The molecule has 2 rings (SSSR count). The van der Waals surface area contributed by atoms with Gasteiger partial charge in [0.2, 0.25) is 0 Å². The zero-order valence-corrected chi connectivity index (χ0v) is 10.6. The molecule has 0 unspecified atom stereocenters. The standard InChI is InChI=1S/C14H22N2O/c1-17-10-4-8-16-9-7-15-11-13-5-2-3-6-14(13)12-16/h2-3,5-6,15H,4,7-12H2,1H3. The quantitative estimate of drug-likeness (QED) is 0.801. The molecule has 0 amide bonds. The van der Waals surface area contributed by atoms with Gasteiger partial charge in [0.15, 0.2) is 0 Å². The predicted octanol–water partition coefficient (Wildman–Crippen LogP) is 1.63. The second-order valence-electron chi connectivity index (χ2n) is 4.57. The van der Waals surface area contributed by atoms with Crippen molar-refractivity contribution in [1.82, 2.24) is 10.2 Å². The minimum atomic E-state index is 0.853. The highest BCUT2D eigenvalue weighted by Crippen LogP contribution is 2.13. The number of rotatable bonds is 4. The Morgan fingerprint density at radius 2 is 2.12 bits per heavy atom. The Morgan fingerprint density at radius 1 is 1.29 bits per heavy atom. The van der Waals surface area contributed by atoms with Crippen molar-refractivity contribution in [2.75, 3.05) is 33.4 Å². The van der Waals surface area contributed by atoms with E-state index in [4.69, 9.17) is 4.74 Å². The summed E-state index contributed by atoms with van der Waals surface area (Å²) in [4.78, 5) is 2.50. The maximum Gasteiger partial charge on any atom is 0.0474 e. The molecule has 3 nitrogen and oxygen atoms in total. The van der Waals surface area contributed by atoms with Gasteiger partial charge < -0.3 is 10.1 Å². The van der Waals surface area contributed by atoms with Crippen molar-refractivity contribution >= 4 is 0 Å². The third kappa shape index (κ3) is 3.80. The summed E-state index contributed by atoms with van der Waals surface area (Å²) in [5.74, 6) is 0. The van der Waals surface area contributed by atoms with Crippen LogP contribution in [0.15, 0.2) is 24.3 Å². The van der Waals surface area contributed by atoms with Gasteiger partial charge in [-0.1, -0.05) is 24.3 Å². The number of ether oxygens (including phenoxy) is 1. The molecule has 1 aliphatic heterocycles. The lowest BCUT2D eigenvalue weighted by Gasteiger charge is -2.26. The van der Waals surface area contributed by atoms with E-state index in [-0.39, 0.29) is 0 Å². The molecule has 0 radical (unpaired) electrons. The number of nitrogens with one attached hydrogen (secondary N) is 1. The fraction of sp³-hybridized carbons (Fsp3) is 0.571. The average Bonchev–Trinajstić information content (AvgIpc) is 2.32. The monoisotopic (exact) mass is 234 g/mol. The van der Waals surface area contributed by atoms with Gasteiger partial charge in [0.1, 0.15) is 0 Å². The van der Waals surface area contributed by atoms with Gasteiger partial charge in [-0.2, -0.15) is 0 Å². The molecule has 0 fully saturated rings. The fourth-order valence-electron chi connectivity index (χ4n) is 2.29. The van der Waals surface area contributed by atoms with Crippen LogP contribution < -0.4 is 5.32 Å². The maximum atomic E-state index is 5.12. The molecule has 1 aliphatic rings. The predicted molar refractivity (Wildman–Crippen MR) is 69.9 cm³/mol. The first-order valence-corrected chi connectivity index (χ1v) is 6.39. The van der Waals surface area contributed by atoms with Crippen molar-refractivity contribution in [3.8, 4) is 0 Å². The summed E-state index contributed by atoms with van der Waals surface area (Å²) < 4.78 is 5.12. The molecule has 94 valence electrons. The molecule has 0 aromatic heterocycles. The van der Waals surface area contributed by atoms with Crippen LogP contribution in [0, 0.1) is 0 Å². The summed E-state index contributed by atoms with van der Waals surface area (Å²) in [5.41, 5.74) is 2.89. The van der Waals surface area contributed by atoms with E-state index in [1.165, 1.54) is 11.1 Å². The molecule has 0 saturated carbocycles. The molecule has 0 spiro atoms. The minimum Gasteiger partial charge on any atom is -0.385 e. The molecule has 0 bridgehead atoms. The van der Waals surface area contributed by atoms with Gasteiger partial charge in [-0.3, -0.25) is 4.90 Å². The van der Waals surface area contributed by atoms with Crippen LogP contribution in [0.3, 0.4) is 0 Å². The van der Waals surface area contributed by atoms with Crippen LogP contribution in [0.5, 0.6) is 0 Å². The third-order valence-corrected chi connectivity index (χ3v) is 3.26. The van der Waals surface area contributed by atoms with Gasteiger partial charge in [0, 0.05) is 46.4 Å². The fourth-order valence-corrected chi connectivity index (χ4v) is 2.29. The smallest absolute Gasteiger partial charge is 0.0474 e. The summed E-state index contributed by atoms with van der Waals surface area (Å²) >= 11 is 0. The molecular formula is C14H22N2O. The van der Waals surface area contributed by atoms with Crippen molar-refractivity contribution in [1.29, 1.82) is 0 Å². The van der Waals surface area contributed by atoms with Gasteiger partial charge in [0.25, 0.3) is 0 Å². The molecular weight excluding hydrogens is 212 g/mol. The number of benzene rings is 1. The second-order valence-corrected chi connectivity index (χ2v) is 4.57. The summed E-state index contributed by atoms with van der Waals surface area (Å²) in [7, 11) is 1.77. The lowest BCUT2D eigenvalue weighted by Crippen LogP contribution is -2.35. The van der Waals surface area contributed by atoms with Crippen LogP contribution >= 0.6 is 0 Å². The van der Waals surface area contributed by atoms with Crippen LogP contribution in [-0.2, 0) is 17.8 Å². The molecule has 0 saturated heterocycles. The molecule has 1 N–H and O–H groups in total. The SMILES string of the molecule is COCCCN1CCNCc2ccccc2C1. The molecule has 1 heterocycles. The Morgan fingerprint density at radius 3 is 2.94 bits per heavy atom. The lowest BCUT2D eigenvalue weighted by molar-refractivity contribution is 0.168. The van der Waals surface area contributed by atoms with Gasteiger partial charge >= 0.3 is 0 Å². The normalized spacial score (nSPS) is 17.2. The summed E-state index contributed by atoms with van der Waals surface area (Å²) in [6.45, 7) is 6.23. The van der Waals surface area contributed by atoms with Crippen LogP contribution in [0.1, 0.15) is 17.5 Å². The Bertz CT molecular complexity index is 341. The zero-order chi connectivity index (χ0) is 11.9. The number of hydrogen-bond acceptors (Lipinski definition) is 3. The molecule has 17 heavy (non-hydrogen) atoms. The van der Waals surface area contributed by atoms with Crippen molar-refractivity contribution in [2.45, 2.75) is 19.5 Å². The van der Waals surface area contributed by atoms with E-state index in [1.54, 1.807) is 7.11 Å². The Balaban J connectivity index is 1.97. The van der Waals surface area contributed by atoms with E-state index < -0.39 is 0 Å². The number of fused-ring (bicyclic) bond motifs is 1. The maximum absolute atomic E-state index is 5.12. The van der Waals surface area contributed by atoms with E-state index in [0.29, 0.717) is 0 Å². The molecule has 1 aromatic carbocycles. The number of methoxy groups -OCH3 is 1. The van der Waals surface area contributed by atoms with E-state index in [2.05, 4.69) is 34.5 Å². The number of nitrogens with zero attached hydrogens (tertiary/aromatic N) is 1. The minimum absolute atomic E-state index is 0.853. The summed E-state index contributed by atoms with van der Waals surface area (Å²) in [6, 6.07) is 8.72. The first kappa shape index (κ1) is 12.6. The third-order valence-electron chi connectivity index (χ3n) is 3.26. The van der Waals surface area contributed by atoms with Crippen molar-refractivity contribution in [2.24, 2.45) is 0 Å². The van der Waals surface area contributed by atoms with Crippen LogP contribution in [-0.4, -0.2) is 38.3 Å². The second kappa shape index (κ2) is 6.74. The first-order chi connectivity index (χ1) is 8.40. The molecule has 1 aromatic rings. The topological polar surface area (TPSA) is 24.5 Å². The highest BCUT2D eigenvalue weighted by atomic mass is 16.5. The molecule has 0 atom stereocenters.